The summed E-state index contributed by atoms with van der Waals surface area (Å²) < 4.78 is 5.35. The van der Waals surface area contributed by atoms with E-state index in [-0.39, 0.29) is 11.8 Å². The highest BCUT2D eigenvalue weighted by Gasteiger charge is 2.41. The Kier molecular flexibility index (Phi) is 3.16. The van der Waals surface area contributed by atoms with Gasteiger partial charge in [-0.05, 0) is 29.3 Å². The maximum absolute atomic E-state index is 12.6. The number of carbonyl (C=O) groups is 2. The molecule has 1 fully saturated rings. The summed E-state index contributed by atoms with van der Waals surface area (Å²) in [7, 11) is 0. The van der Waals surface area contributed by atoms with E-state index in [4.69, 9.17) is 4.74 Å². The highest BCUT2D eigenvalue weighted by molar-refractivity contribution is 6.01. The molecule has 2 aromatic carbocycles. The topological polar surface area (TPSA) is 67.4 Å². The Hall–Kier alpha value is -2.66. The molecule has 0 spiro atoms. The summed E-state index contributed by atoms with van der Waals surface area (Å²) in [5.74, 6) is -0.190. The van der Waals surface area contributed by atoms with Crippen molar-refractivity contribution in [1.82, 2.24) is 5.32 Å². The number of hydrogen-bond acceptors (Lipinski definition) is 3. The Labute approximate surface area is 133 Å². The van der Waals surface area contributed by atoms with Crippen LogP contribution in [0.3, 0.4) is 0 Å². The molecule has 0 aliphatic carbocycles. The summed E-state index contributed by atoms with van der Waals surface area (Å²) in [6.07, 6.45) is 0.323. The van der Waals surface area contributed by atoms with Gasteiger partial charge in [0.05, 0.1) is 19.6 Å². The number of ether oxygens (including phenoxy) is 1. The van der Waals surface area contributed by atoms with Gasteiger partial charge in [-0.15, -0.1) is 0 Å². The van der Waals surface area contributed by atoms with E-state index in [1.807, 2.05) is 30.3 Å². The molecule has 2 amide bonds. The zero-order valence-electron chi connectivity index (χ0n) is 12.5. The molecular weight excluding hydrogens is 292 g/mol. The molecule has 2 aliphatic rings. The molecule has 5 nitrogen and oxygen atoms in total. The lowest BCUT2D eigenvalue weighted by Crippen LogP contribution is -2.59. The molecule has 0 unspecified atom stereocenters. The van der Waals surface area contributed by atoms with Crippen molar-refractivity contribution in [2.24, 2.45) is 0 Å². The second kappa shape index (κ2) is 5.21. The monoisotopic (exact) mass is 308 g/mol. The van der Waals surface area contributed by atoms with Gasteiger partial charge < -0.3 is 15.4 Å². The van der Waals surface area contributed by atoms with Gasteiger partial charge in [-0.2, -0.15) is 0 Å². The summed E-state index contributed by atoms with van der Waals surface area (Å²) in [4.78, 5) is 24.1. The fraction of sp³-hybridized carbons (Fsp3) is 0.222. The molecule has 0 bridgehead atoms. The summed E-state index contributed by atoms with van der Waals surface area (Å²) >= 11 is 0. The molecule has 2 N–H and O–H groups in total. The molecule has 0 atom stereocenters. The normalized spacial score (nSPS) is 17.8. The average Bonchev–Trinajstić information content (AvgIpc) is 2.90. The van der Waals surface area contributed by atoms with Crippen molar-refractivity contribution in [1.29, 1.82) is 0 Å². The molecule has 4 rings (SSSR count). The van der Waals surface area contributed by atoms with Gasteiger partial charge in [-0.3, -0.25) is 9.59 Å². The molecule has 0 aromatic heterocycles. The molecule has 1 saturated heterocycles. The van der Waals surface area contributed by atoms with Crippen LogP contribution in [0.4, 0.5) is 5.69 Å². The maximum atomic E-state index is 12.6. The van der Waals surface area contributed by atoms with E-state index >= 15 is 0 Å². The number of rotatable bonds is 3. The third-order valence-corrected chi connectivity index (χ3v) is 4.37. The van der Waals surface area contributed by atoms with Crippen LogP contribution >= 0.6 is 0 Å². The lowest BCUT2D eigenvalue weighted by atomic mass is 9.87. The molecule has 0 radical (unpaired) electrons. The Balaban J connectivity index is 1.58. The average molecular weight is 308 g/mol. The first kappa shape index (κ1) is 14.0. The van der Waals surface area contributed by atoms with E-state index in [0.717, 1.165) is 16.8 Å². The number of anilines is 1. The zero-order chi connectivity index (χ0) is 15.9. The van der Waals surface area contributed by atoms with Gasteiger partial charge in [-0.1, -0.05) is 30.3 Å². The minimum atomic E-state index is -0.467. The van der Waals surface area contributed by atoms with E-state index in [9.17, 15) is 9.59 Å². The largest absolute Gasteiger partial charge is 0.376 e. The molecule has 116 valence electrons. The van der Waals surface area contributed by atoms with Gasteiger partial charge >= 0.3 is 0 Å². The first-order chi connectivity index (χ1) is 11.2. The molecule has 2 aliphatic heterocycles. The van der Waals surface area contributed by atoms with Gasteiger partial charge in [-0.25, -0.2) is 0 Å². The Morgan fingerprint density at radius 3 is 2.61 bits per heavy atom. The number of nitrogens with one attached hydrogen (secondary N) is 2. The third kappa shape index (κ3) is 2.39. The Morgan fingerprint density at radius 1 is 1.13 bits per heavy atom. The first-order valence-corrected chi connectivity index (χ1v) is 7.55. The molecule has 23 heavy (non-hydrogen) atoms. The maximum Gasteiger partial charge on any atom is 0.252 e. The first-order valence-electron chi connectivity index (χ1n) is 7.55. The molecule has 0 saturated carbocycles. The summed E-state index contributed by atoms with van der Waals surface area (Å²) in [6, 6.07) is 15.1. The van der Waals surface area contributed by atoms with Gasteiger partial charge in [0.2, 0.25) is 5.91 Å². The smallest absolute Gasteiger partial charge is 0.252 e. The van der Waals surface area contributed by atoms with Crippen molar-refractivity contribution < 1.29 is 14.3 Å². The fourth-order valence-corrected chi connectivity index (χ4v) is 3.03. The predicted octanol–water partition coefficient (Wildman–Crippen LogP) is 1.84. The van der Waals surface area contributed by atoms with Crippen molar-refractivity contribution in [3.05, 3.63) is 65.2 Å². The van der Waals surface area contributed by atoms with Crippen molar-refractivity contribution in [2.45, 2.75) is 12.0 Å². The molecule has 2 heterocycles. The number of hydrogen-bond donors (Lipinski definition) is 2. The molecular formula is C18H16N2O3. The van der Waals surface area contributed by atoms with Gasteiger partial charge in [0.25, 0.3) is 5.91 Å². The lowest BCUT2D eigenvalue weighted by molar-refractivity contribution is -0.115. The van der Waals surface area contributed by atoms with Crippen LogP contribution in [0.5, 0.6) is 0 Å². The Morgan fingerprint density at radius 2 is 1.91 bits per heavy atom. The van der Waals surface area contributed by atoms with Gasteiger partial charge in [0, 0.05) is 11.3 Å². The van der Waals surface area contributed by atoms with Crippen molar-refractivity contribution >= 4 is 17.5 Å². The quantitative estimate of drug-likeness (QED) is 0.909. The van der Waals surface area contributed by atoms with E-state index in [1.54, 1.807) is 18.2 Å². The molecule has 2 aromatic rings. The van der Waals surface area contributed by atoms with E-state index < -0.39 is 5.54 Å². The number of amides is 2. The van der Waals surface area contributed by atoms with Crippen LogP contribution in [0, 0.1) is 0 Å². The van der Waals surface area contributed by atoms with Crippen molar-refractivity contribution in [3.63, 3.8) is 0 Å². The standard InChI is InChI=1S/C18H16N2O3/c21-16-9-13-8-12(6-7-15(13)19-16)17(22)20-18(10-23-11-18)14-4-2-1-3-5-14/h1-8H,9-11H2,(H,19,21)(H,20,22). The third-order valence-electron chi connectivity index (χ3n) is 4.37. The number of benzene rings is 2. The highest BCUT2D eigenvalue weighted by Crippen LogP contribution is 2.30. The lowest BCUT2D eigenvalue weighted by Gasteiger charge is -2.42. The van der Waals surface area contributed by atoms with Crippen LogP contribution in [0.2, 0.25) is 0 Å². The zero-order valence-corrected chi connectivity index (χ0v) is 12.5. The van der Waals surface area contributed by atoms with Crippen LogP contribution < -0.4 is 10.6 Å². The Bertz CT molecular complexity index is 782. The predicted molar refractivity (Wildman–Crippen MR) is 85.2 cm³/mol. The molecule has 5 heteroatoms. The van der Waals surface area contributed by atoms with E-state index in [0.29, 0.717) is 25.2 Å². The minimum Gasteiger partial charge on any atom is -0.376 e. The van der Waals surface area contributed by atoms with Crippen LogP contribution in [0.15, 0.2) is 48.5 Å². The second-order valence-electron chi connectivity index (χ2n) is 5.99. The fourth-order valence-electron chi connectivity index (χ4n) is 3.03. The van der Waals surface area contributed by atoms with Crippen LogP contribution in [-0.4, -0.2) is 25.0 Å². The minimum absolute atomic E-state index is 0.0364. The van der Waals surface area contributed by atoms with Crippen molar-refractivity contribution in [3.8, 4) is 0 Å². The van der Waals surface area contributed by atoms with Crippen molar-refractivity contribution in [2.75, 3.05) is 18.5 Å². The van der Waals surface area contributed by atoms with Gasteiger partial charge in [0.1, 0.15) is 5.54 Å². The summed E-state index contributed by atoms with van der Waals surface area (Å²) in [5.41, 5.74) is 2.78. The second-order valence-corrected chi connectivity index (χ2v) is 5.99. The van der Waals surface area contributed by atoms with Gasteiger partial charge in [0.15, 0.2) is 0 Å². The number of fused-ring (bicyclic) bond motifs is 1. The van der Waals surface area contributed by atoms with E-state index in [1.165, 1.54) is 0 Å². The summed E-state index contributed by atoms with van der Waals surface area (Å²) in [6.45, 7) is 0.932. The highest BCUT2D eigenvalue weighted by atomic mass is 16.5. The van der Waals surface area contributed by atoms with Crippen LogP contribution in [0.25, 0.3) is 0 Å². The number of carbonyl (C=O) groups excluding carboxylic acids is 2. The summed E-state index contributed by atoms with van der Waals surface area (Å²) in [5, 5.41) is 5.86. The van der Waals surface area contributed by atoms with E-state index in [2.05, 4.69) is 10.6 Å². The van der Waals surface area contributed by atoms with Crippen LogP contribution in [0.1, 0.15) is 21.5 Å². The SMILES string of the molecule is O=C1Cc2cc(C(=O)NC3(c4ccccc4)COC3)ccc2N1. The van der Waals surface area contributed by atoms with Crippen LogP contribution in [-0.2, 0) is 21.5 Å².